The van der Waals surface area contributed by atoms with E-state index in [1.165, 1.54) is 0 Å². The maximum atomic E-state index is 13.4. The van der Waals surface area contributed by atoms with E-state index in [9.17, 15) is 14.9 Å². The standard InChI is InChI=1S/C25H28N6O.C25H27N3O.3HI.V/c1-2-3-10-22-26-25(15-6-7-16-25)24(32)31(22)17-18-11-13-19(14-12-18)20-8-4-5-9-21(20)23-27-29-30-28-23;1-2-3-10-23-27-25(15-6-7-16-25)24(29)28(23)18-19-11-13-20(14-12-19)22-9-5-4-8-21(22)17-26;;;;/h4-5,8-9,11-14H,2-3,6-7,10,15-17H2,1H3,(H,27,28,29,30);4-5,8-9,11-14H,2-3,6-7,10,15-16,18H2,1H3;3*1H;/q;;;;;+2/p-2. The number of tetrazole rings is 1. The van der Waals surface area contributed by atoms with E-state index in [-0.39, 0.29) is 35.8 Å². The van der Waals surface area contributed by atoms with Crippen molar-refractivity contribution >= 4 is 87.4 Å². The fourth-order valence-electron chi connectivity index (χ4n) is 9.38. The minimum absolute atomic E-state index is 0. The van der Waals surface area contributed by atoms with E-state index in [1.54, 1.807) is 0 Å². The van der Waals surface area contributed by atoms with Crippen LogP contribution in [0, 0.1) is 11.3 Å². The summed E-state index contributed by atoms with van der Waals surface area (Å²) in [4.78, 5) is 40.4. The van der Waals surface area contributed by atoms with Crippen LogP contribution in [0.25, 0.3) is 33.6 Å². The summed E-state index contributed by atoms with van der Waals surface area (Å²) in [5.41, 5.74) is 6.94. The first-order valence-electron chi connectivity index (χ1n) is 22.5. The number of hydrogen-bond acceptors (Lipinski definition) is 8. The third kappa shape index (κ3) is 12.0. The van der Waals surface area contributed by atoms with Gasteiger partial charge in [-0.05, 0) is 83.2 Å². The van der Waals surface area contributed by atoms with Gasteiger partial charge in [0.15, 0.2) is 0 Å². The van der Waals surface area contributed by atoms with E-state index < -0.39 is 11.1 Å². The van der Waals surface area contributed by atoms with Crippen molar-refractivity contribution < 1.29 is 19.1 Å². The molecule has 0 unspecified atom stereocenters. The molecule has 2 aliphatic heterocycles. The van der Waals surface area contributed by atoms with Gasteiger partial charge in [-0.25, -0.2) is 0 Å². The van der Waals surface area contributed by atoms with E-state index in [2.05, 4.69) is 123 Å². The van der Waals surface area contributed by atoms with Crippen molar-refractivity contribution in [2.45, 2.75) is 128 Å². The molecule has 2 saturated carbocycles. The van der Waals surface area contributed by atoms with Crippen LogP contribution in [0.2, 0.25) is 0 Å². The van der Waals surface area contributed by atoms with Gasteiger partial charge in [0.2, 0.25) is 5.82 Å². The van der Waals surface area contributed by atoms with Crippen LogP contribution < -0.4 is 0 Å². The number of amides is 2. The number of unbranched alkanes of at least 4 members (excludes halogenated alkanes) is 2. The van der Waals surface area contributed by atoms with Crippen molar-refractivity contribution in [2.75, 3.05) is 0 Å². The number of halogens is 3. The number of benzene rings is 4. The van der Waals surface area contributed by atoms with Gasteiger partial charge in [0.25, 0.3) is 11.8 Å². The Balaban J connectivity index is 0.000000201. The molecule has 1 N–H and O–H groups in total. The Morgan fingerprint density at radius 3 is 1.52 bits per heavy atom. The van der Waals surface area contributed by atoms with E-state index >= 15 is 0 Å². The zero-order chi connectivity index (χ0) is 44.9. The first-order valence-corrected chi connectivity index (χ1v) is 31.5. The number of hydrogen-bond donors (Lipinski definition) is 1. The third-order valence-electron chi connectivity index (χ3n) is 12.7. The number of aromatic amines is 1. The van der Waals surface area contributed by atoms with Crippen LogP contribution in [0.3, 0.4) is 0 Å². The van der Waals surface area contributed by atoms with Crippen molar-refractivity contribution in [1.82, 2.24) is 30.4 Å². The minimum atomic E-state index is -0.480. The van der Waals surface area contributed by atoms with Gasteiger partial charge >= 0.3 is 49.4 Å². The van der Waals surface area contributed by atoms with Gasteiger partial charge in [-0.1, -0.05) is 143 Å². The second-order valence-corrected chi connectivity index (χ2v) is 28.7. The second-order valence-electron chi connectivity index (χ2n) is 16.9. The molecule has 9 rings (SSSR count). The Morgan fingerprint density at radius 2 is 1.09 bits per heavy atom. The van der Waals surface area contributed by atoms with E-state index in [4.69, 9.17) is 9.98 Å². The van der Waals surface area contributed by atoms with Crippen LogP contribution in [-0.4, -0.2) is 65.0 Å². The number of nitrogens with zero attached hydrogens (tertiary/aromatic N) is 8. The van der Waals surface area contributed by atoms with Crippen molar-refractivity contribution in [3.8, 4) is 39.7 Å². The quantitative estimate of drug-likeness (QED) is 0.116. The van der Waals surface area contributed by atoms with Crippen molar-refractivity contribution in [3.63, 3.8) is 0 Å². The summed E-state index contributed by atoms with van der Waals surface area (Å²) in [6.07, 6.45) is 14.0. The summed E-state index contributed by atoms with van der Waals surface area (Å²) in [6, 6.07) is 34.5. The fourth-order valence-corrected chi connectivity index (χ4v) is 9.38. The summed E-state index contributed by atoms with van der Waals surface area (Å²) >= 11 is 4.74. The van der Waals surface area contributed by atoms with E-state index in [0.29, 0.717) is 33.9 Å². The number of carbonyl (C=O) groups is 2. The van der Waals surface area contributed by atoms with Crippen molar-refractivity contribution in [2.24, 2.45) is 9.98 Å². The summed E-state index contributed by atoms with van der Waals surface area (Å²) < 4.78 is 0. The topological polar surface area (TPSA) is 144 Å². The molecular formula is C50H56I3N9O2V. The molecule has 15 heteroatoms. The van der Waals surface area contributed by atoms with Crippen LogP contribution in [-0.2, 0) is 32.1 Å². The first kappa shape index (κ1) is 50.9. The third-order valence-corrected chi connectivity index (χ3v) is 12.7. The van der Waals surface area contributed by atoms with Gasteiger partial charge < -0.3 is 0 Å². The molecule has 0 atom stereocenters. The Labute approximate surface area is 429 Å². The maximum absolute atomic E-state index is 13.4. The van der Waals surface area contributed by atoms with E-state index in [0.717, 1.165) is 141 Å². The molecule has 0 radical (unpaired) electrons. The van der Waals surface area contributed by atoms with Crippen LogP contribution in [0.4, 0.5) is 0 Å². The second kappa shape index (κ2) is 24.5. The number of nitrogens with one attached hydrogen (secondary N) is 1. The predicted octanol–water partition coefficient (Wildman–Crippen LogP) is 12.6. The monoisotopic (exact) mass is 1250 g/mol. The van der Waals surface area contributed by atoms with Gasteiger partial charge in [0.1, 0.15) is 22.7 Å². The number of rotatable bonds is 13. The molecule has 11 nitrogen and oxygen atoms in total. The molecule has 1 aromatic heterocycles. The number of amidine groups is 2. The molecule has 339 valence electrons. The molecule has 2 amide bonds. The summed E-state index contributed by atoms with van der Waals surface area (Å²) in [7, 11) is 0.628. The summed E-state index contributed by atoms with van der Waals surface area (Å²) in [5.74, 6) is 2.92. The molecule has 2 fully saturated rings. The number of nitriles is 1. The van der Waals surface area contributed by atoms with E-state index in [1.807, 2.05) is 64.4 Å². The number of aromatic nitrogens is 4. The Bertz CT molecular complexity index is 2460. The van der Waals surface area contributed by atoms with Crippen molar-refractivity contribution in [1.29, 1.82) is 5.26 Å². The summed E-state index contributed by atoms with van der Waals surface area (Å²) in [5, 5.41) is 23.8. The zero-order valence-corrected chi connectivity index (χ0v) is 45.1. The SMILES string of the molecule is CCCCC1=NC2(CCCC2)C(=O)N1Cc1ccc(-c2ccccc2-c2nn[nH]n2)cc1.CCCCC1=NC2(CCCC2)C(=O)N1Cc1ccc(-c2ccccc2C#N)cc1.I.[I][V][I]. The molecule has 2 spiro atoms. The number of H-pyrrole nitrogens is 1. The van der Waals surface area contributed by atoms with Gasteiger partial charge in [0, 0.05) is 18.4 Å². The molecule has 0 saturated heterocycles. The average Bonchev–Trinajstić information content (AvgIpc) is 4.20. The number of aliphatic imine (C=N–C) groups is 2. The fraction of sp³-hybridized carbons (Fsp3) is 0.400. The normalized spacial score (nSPS) is 16.6. The van der Waals surface area contributed by atoms with Crippen LogP contribution in [0.15, 0.2) is 107 Å². The van der Waals surface area contributed by atoms with Gasteiger partial charge in [-0.3, -0.25) is 29.4 Å². The average molecular weight is 1250 g/mol. The van der Waals surface area contributed by atoms with Crippen molar-refractivity contribution in [3.05, 3.63) is 114 Å². The predicted molar refractivity (Wildman–Crippen MR) is 283 cm³/mol. The van der Waals surface area contributed by atoms with Gasteiger partial charge in [-0.15, -0.1) is 34.2 Å². The Kier molecular flexibility index (Phi) is 19.2. The molecule has 2 aliphatic carbocycles. The van der Waals surface area contributed by atoms with Gasteiger partial charge in [-0.2, -0.15) is 10.5 Å². The Morgan fingerprint density at radius 1 is 0.662 bits per heavy atom. The molecule has 65 heavy (non-hydrogen) atoms. The van der Waals surface area contributed by atoms with Crippen LogP contribution in [0.5, 0.6) is 0 Å². The first-order chi connectivity index (χ1) is 31.3. The molecule has 4 aliphatic rings. The molecule has 0 bridgehead atoms. The summed E-state index contributed by atoms with van der Waals surface area (Å²) in [6.45, 7) is 5.50. The number of carbonyl (C=O) groups excluding carboxylic acids is 2. The molecule has 3 heterocycles. The molecule has 4 aromatic carbocycles. The van der Waals surface area contributed by atoms with Gasteiger partial charge in [0.05, 0.1) is 24.7 Å². The molecular weight excluding hydrogens is 1190 g/mol. The van der Waals surface area contributed by atoms with Crippen LogP contribution in [0.1, 0.15) is 120 Å². The Hall–Kier alpha value is -3.51. The zero-order valence-electron chi connectivity index (χ0n) is 37.1. The molecule has 5 aromatic rings. The van der Waals surface area contributed by atoms with Crippen LogP contribution >= 0.6 is 63.9 Å².